The molecule has 0 aliphatic carbocycles. The Hall–Kier alpha value is -0.590. The van der Waals surface area contributed by atoms with Gasteiger partial charge < -0.3 is 4.74 Å². The van der Waals surface area contributed by atoms with Crippen molar-refractivity contribution in [3.8, 4) is 0 Å². The van der Waals surface area contributed by atoms with Gasteiger partial charge in [-0.3, -0.25) is 0 Å². The lowest BCUT2D eigenvalue weighted by Crippen LogP contribution is -2.07. The number of halogens is 1. The molecule has 19 heavy (non-hydrogen) atoms. The minimum atomic E-state index is -3.80. The van der Waals surface area contributed by atoms with Crippen molar-refractivity contribution in [3.05, 3.63) is 16.5 Å². The van der Waals surface area contributed by atoms with Gasteiger partial charge in [-0.15, -0.1) is 11.3 Å². The van der Waals surface area contributed by atoms with Gasteiger partial charge >= 0.3 is 5.97 Å². The Balaban J connectivity index is 2.61. The molecular weight excluding hydrogens is 308 g/mol. The molecule has 0 atom stereocenters. The number of esters is 1. The van der Waals surface area contributed by atoms with Crippen LogP contribution >= 0.6 is 22.0 Å². The van der Waals surface area contributed by atoms with Crippen LogP contribution in [-0.2, 0) is 13.8 Å². The molecular formula is C12H17ClO4S2. The van der Waals surface area contributed by atoms with E-state index in [2.05, 4.69) is 6.92 Å². The molecule has 0 unspecified atom stereocenters. The van der Waals surface area contributed by atoms with Crippen molar-refractivity contribution in [3.63, 3.8) is 0 Å². The van der Waals surface area contributed by atoms with Crippen LogP contribution in [0.25, 0.3) is 0 Å². The minimum absolute atomic E-state index is 0.00657. The molecule has 4 nitrogen and oxygen atoms in total. The maximum Gasteiger partial charge on any atom is 0.339 e. The highest BCUT2D eigenvalue weighted by molar-refractivity contribution is 8.15. The van der Waals surface area contributed by atoms with Crippen LogP contribution in [0.5, 0.6) is 0 Å². The molecule has 7 heteroatoms. The number of hydrogen-bond donors (Lipinski definition) is 0. The number of rotatable bonds is 7. The Morgan fingerprint density at radius 2 is 2.05 bits per heavy atom. The first-order valence-electron chi connectivity index (χ1n) is 6.07. The molecule has 0 fully saturated rings. The van der Waals surface area contributed by atoms with Crippen molar-refractivity contribution in [1.29, 1.82) is 0 Å². The molecule has 0 bridgehead atoms. The lowest BCUT2D eigenvalue weighted by molar-refractivity contribution is 0.0497. The molecule has 0 aromatic carbocycles. The fourth-order valence-corrected chi connectivity index (χ4v) is 4.15. The molecule has 1 aromatic heterocycles. The third kappa shape index (κ3) is 4.78. The van der Waals surface area contributed by atoms with E-state index in [0.29, 0.717) is 12.2 Å². The lowest BCUT2D eigenvalue weighted by atomic mass is 10.2. The Kier molecular flexibility index (Phi) is 6.29. The van der Waals surface area contributed by atoms with Crippen molar-refractivity contribution >= 4 is 37.0 Å². The second-order valence-electron chi connectivity index (χ2n) is 4.20. The monoisotopic (exact) mass is 324 g/mol. The van der Waals surface area contributed by atoms with Gasteiger partial charge in [0.2, 0.25) is 0 Å². The van der Waals surface area contributed by atoms with Gasteiger partial charge in [0, 0.05) is 16.1 Å². The molecule has 0 saturated heterocycles. The summed E-state index contributed by atoms with van der Waals surface area (Å²) in [7, 11) is 1.48. The van der Waals surface area contributed by atoms with E-state index in [1.54, 1.807) is 6.92 Å². The SMILES string of the molecule is CCCCCCOC(=O)c1csc(S(=O)(=O)Cl)c1C. The Morgan fingerprint density at radius 1 is 1.37 bits per heavy atom. The summed E-state index contributed by atoms with van der Waals surface area (Å²) < 4.78 is 27.6. The Labute approximate surface area is 122 Å². The van der Waals surface area contributed by atoms with Crippen LogP contribution in [-0.4, -0.2) is 21.0 Å². The minimum Gasteiger partial charge on any atom is -0.462 e. The zero-order chi connectivity index (χ0) is 14.5. The summed E-state index contributed by atoms with van der Waals surface area (Å²) in [6.07, 6.45) is 4.08. The molecule has 1 heterocycles. The molecule has 1 aromatic rings. The van der Waals surface area contributed by atoms with E-state index >= 15 is 0 Å². The number of hydrogen-bond acceptors (Lipinski definition) is 5. The van der Waals surface area contributed by atoms with Gasteiger partial charge in [-0.05, 0) is 18.9 Å². The van der Waals surface area contributed by atoms with E-state index < -0.39 is 15.0 Å². The molecule has 0 aliphatic heterocycles. The number of unbranched alkanes of at least 4 members (excludes halogenated alkanes) is 3. The summed E-state index contributed by atoms with van der Waals surface area (Å²) >= 11 is 0.938. The zero-order valence-corrected chi connectivity index (χ0v) is 13.3. The van der Waals surface area contributed by atoms with Crippen molar-refractivity contribution in [1.82, 2.24) is 0 Å². The van der Waals surface area contributed by atoms with E-state index in [0.717, 1.165) is 37.0 Å². The third-order valence-corrected chi connectivity index (χ3v) is 5.97. The average Bonchev–Trinajstić information content (AvgIpc) is 2.70. The van der Waals surface area contributed by atoms with Gasteiger partial charge in [0.15, 0.2) is 0 Å². The number of carbonyl (C=O) groups is 1. The van der Waals surface area contributed by atoms with Crippen LogP contribution in [0.2, 0.25) is 0 Å². The van der Waals surface area contributed by atoms with Gasteiger partial charge in [-0.2, -0.15) is 0 Å². The molecule has 0 radical (unpaired) electrons. The maximum absolute atomic E-state index is 11.8. The van der Waals surface area contributed by atoms with Gasteiger partial charge in [0.1, 0.15) is 4.21 Å². The maximum atomic E-state index is 11.8. The van der Waals surface area contributed by atoms with Crippen LogP contribution in [0, 0.1) is 6.92 Å². The highest BCUT2D eigenvalue weighted by Gasteiger charge is 2.22. The first-order valence-corrected chi connectivity index (χ1v) is 9.26. The largest absolute Gasteiger partial charge is 0.462 e. The van der Waals surface area contributed by atoms with Gasteiger partial charge in [0.25, 0.3) is 9.05 Å². The Bertz CT molecular complexity index is 534. The molecule has 0 saturated carbocycles. The predicted molar refractivity (Wildman–Crippen MR) is 76.5 cm³/mol. The molecule has 0 amide bonds. The smallest absolute Gasteiger partial charge is 0.339 e. The second-order valence-corrected chi connectivity index (χ2v) is 7.84. The predicted octanol–water partition coefficient (Wildman–Crippen LogP) is 3.72. The molecule has 0 N–H and O–H groups in total. The van der Waals surface area contributed by atoms with E-state index in [-0.39, 0.29) is 9.77 Å². The molecule has 1 rings (SSSR count). The van der Waals surface area contributed by atoms with E-state index in [4.69, 9.17) is 15.4 Å². The summed E-state index contributed by atoms with van der Waals surface area (Å²) in [4.78, 5) is 11.8. The molecule has 0 aliphatic rings. The summed E-state index contributed by atoms with van der Waals surface area (Å²) in [5, 5.41) is 1.47. The summed E-state index contributed by atoms with van der Waals surface area (Å²) in [5.74, 6) is -0.489. The highest BCUT2D eigenvalue weighted by Crippen LogP contribution is 2.29. The van der Waals surface area contributed by atoms with E-state index in [1.807, 2.05) is 0 Å². The van der Waals surface area contributed by atoms with Crippen LogP contribution in [0.3, 0.4) is 0 Å². The number of thiophene rings is 1. The van der Waals surface area contributed by atoms with Crippen LogP contribution in [0.15, 0.2) is 9.59 Å². The number of ether oxygens (including phenoxy) is 1. The van der Waals surface area contributed by atoms with E-state index in [9.17, 15) is 13.2 Å². The second kappa shape index (κ2) is 7.26. The van der Waals surface area contributed by atoms with Crippen molar-refractivity contribution < 1.29 is 17.9 Å². The summed E-state index contributed by atoms with van der Waals surface area (Å²) in [6, 6.07) is 0. The summed E-state index contributed by atoms with van der Waals surface area (Å²) in [6.45, 7) is 4.02. The lowest BCUT2D eigenvalue weighted by Gasteiger charge is -2.04. The average molecular weight is 325 g/mol. The standard InChI is InChI=1S/C12H17ClO4S2/c1-3-4-5-6-7-17-11(14)10-8-18-12(9(10)2)19(13,15)16/h8H,3-7H2,1-2H3. The van der Waals surface area contributed by atoms with Gasteiger partial charge in [-0.25, -0.2) is 13.2 Å². The highest BCUT2D eigenvalue weighted by atomic mass is 35.7. The van der Waals surface area contributed by atoms with Crippen molar-refractivity contribution in [2.24, 2.45) is 0 Å². The van der Waals surface area contributed by atoms with Crippen LogP contribution in [0.4, 0.5) is 0 Å². The molecule has 0 spiro atoms. The van der Waals surface area contributed by atoms with E-state index in [1.165, 1.54) is 5.38 Å². The Morgan fingerprint density at radius 3 is 2.58 bits per heavy atom. The normalized spacial score (nSPS) is 11.5. The topological polar surface area (TPSA) is 60.4 Å². The zero-order valence-electron chi connectivity index (χ0n) is 10.9. The molecule has 108 valence electrons. The van der Waals surface area contributed by atoms with Crippen molar-refractivity contribution in [2.75, 3.05) is 6.61 Å². The first kappa shape index (κ1) is 16.5. The summed E-state index contributed by atoms with van der Waals surface area (Å²) in [5.41, 5.74) is 0.637. The number of carbonyl (C=O) groups excluding carboxylic acids is 1. The third-order valence-electron chi connectivity index (χ3n) is 2.67. The quantitative estimate of drug-likeness (QED) is 0.435. The fourth-order valence-electron chi connectivity index (χ4n) is 1.61. The van der Waals surface area contributed by atoms with Crippen LogP contribution in [0.1, 0.15) is 48.5 Å². The fraction of sp³-hybridized carbons (Fsp3) is 0.583. The van der Waals surface area contributed by atoms with Gasteiger partial charge in [0.05, 0.1) is 12.2 Å². The van der Waals surface area contributed by atoms with Crippen LogP contribution < -0.4 is 0 Å². The van der Waals surface area contributed by atoms with Gasteiger partial charge in [-0.1, -0.05) is 26.2 Å². The first-order chi connectivity index (χ1) is 8.88. The van der Waals surface area contributed by atoms with Crippen molar-refractivity contribution in [2.45, 2.75) is 43.7 Å².